The molecule has 0 unspecified atom stereocenters. The van der Waals surface area contributed by atoms with Crippen molar-refractivity contribution in [1.82, 2.24) is 5.06 Å². The van der Waals surface area contributed by atoms with Gasteiger partial charge in [-0.1, -0.05) is 23.7 Å². The molecule has 6 heteroatoms. The highest BCUT2D eigenvalue weighted by molar-refractivity contribution is 6.30. The van der Waals surface area contributed by atoms with Gasteiger partial charge in [0.1, 0.15) is 0 Å². The van der Waals surface area contributed by atoms with Crippen molar-refractivity contribution in [2.45, 2.75) is 31.1 Å². The lowest BCUT2D eigenvalue weighted by molar-refractivity contribution is -0.199. The number of hydroxylamine groups is 2. The smallest absolute Gasteiger partial charge is 0.329 e. The van der Waals surface area contributed by atoms with E-state index >= 15 is 0 Å². The molecule has 0 aromatic heterocycles. The number of amides is 2. The fourth-order valence-electron chi connectivity index (χ4n) is 2.35. The summed E-state index contributed by atoms with van der Waals surface area (Å²) < 4.78 is 0. The third-order valence-corrected chi connectivity index (χ3v) is 3.93. The number of carbonyl (C=O) groups is 3. The molecule has 3 rings (SSSR count). The van der Waals surface area contributed by atoms with Gasteiger partial charge in [-0.2, -0.15) is 0 Å². The van der Waals surface area contributed by atoms with Crippen molar-refractivity contribution in [3.05, 3.63) is 34.9 Å². The lowest BCUT2D eigenvalue weighted by Crippen LogP contribution is -2.36. The van der Waals surface area contributed by atoms with E-state index in [4.69, 9.17) is 16.4 Å². The minimum atomic E-state index is -0.770. The van der Waals surface area contributed by atoms with Crippen molar-refractivity contribution in [1.29, 1.82) is 0 Å². The predicted molar refractivity (Wildman–Crippen MR) is 69.5 cm³/mol. The Kier molecular flexibility index (Phi) is 3.01. The van der Waals surface area contributed by atoms with Crippen LogP contribution < -0.4 is 0 Å². The number of imide groups is 1. The monoisotopic (exact) mass is 293 g/mol. The fourth-order valence-corrected chi connectivity index (χ4v) is 2.54. The molecular weight excluding hydrogens is 282 g/mol. The molecule has 1 aliphatic heterocycles. The summed E-state index contributed by atoms with van der Waals surface area (Å²) in [4.78, 5) is 40.2. The molecule has 0 radical (unpaired) electrons. The summed E-state index contributed by atoms with van der Waals surface area (Å²) in [6.07, 6.45) is 1.44. The highest BCUT2D eigenvalue weighted by Crippen LogP contribution is 2.49. The van der Waals surface area contributed by atoms with Crippen molar-refractivity contribution in [2.24, 2.45) is 0 Å². The molecule has 1 aromatic carbocycles. The van der Waals surface area contributed by atoms with Crippen LogP contribution in [-0.2, 0) is 24.6 Å². The second-order valence-corrected chi connectivity index (χ2v) is 5.49. The van der Waals surface area contributed by atoms with Gasteiger partial charge in [0, 0.05) is 17.9 Å². The summed E-state index contributed by atoms with van der Waals surface area (Å²) in [7, 11) is 0. The average molecular weight is 294 g/mol. The Morgan fingerprint density at radius 2 is 1.85 bits per heavy atom. The van der Waals surface area contributed by atoms with E-state index in [2.05, 4.69) is 0 Å². The van der Waals surface area contributed by atoms with Gasteiger partial charge in [-0.3, -0.25) is 9.59 Å². The fraction of sp³-hybridized carbons (Fsp3) is 0.357. The second kappa shape index (κ2) is 4.59. The molecule has 5 nitrogen and oxygen atoms in total. The predicted octanol–water partition coefficient (Wildman–Crippen LogP) is 1.98. The van der Waals surface area contributed by atoms with Crippen molar-refractivity contribution in [2.75, 3.05) is 0 Å². The SMILES string of the molecule is O=C1CCC(=O)N1OC(=O)C1(c2cccc(Cl)c2)CC1. The van der Waals surface area contributed by atoms with Gasteiger partial charge < -0.3 is 4.84 Å². The third kappa shape index (κ3) is 2.08. The van der Waals surface area contributed by atoms with Gasteiger partial charge in [0.15, 0.2) is 0 Å². The maximum absolute atomic E-state index is 12.3. The zero-order chi connectivity index (χ0) is 14.3. The van der Waals surface area contributed by atoms with Crippen LogP contribution >= 0.6 is 11.6 Å². The van der Waals surface area contributed by atoms with Gasteiger partial charge in [0.05, 0.1) is 5.41 Å². The minimum Gasteiger partial charge on any atom is -0.329 e. The van der Waals surface area contributed by atoms with Crippen LogP contribution in [0.4, 0.5) is 0 Å². The summed E-state index contributed by atoms with van der Waals surface area (Å²) in [5.41, 5.74) is -0.0114. The summed E-state index contributed by atoms with van der Waals surface area (Å²) in [6, 6.07) is 6.99. The Balaban J connectivity index is 1.80. The third-order valence-electron chi connectivity index (χ3n) is 3.70. The lowest BCUT2D eigenvalue weighted by atomic mass is 9.96. The van der Waals surface area contributed by atoms with E-state index in [0.29, 0.717) is 22.9 Å². The zero-order valence-corrected chi connectivity index (χ0v) is 11.4. The maximum Gasteiger partial charge on any atom is 0.343 e. The first-order valence-electron chi connectivity index (χ1n) is 6.37. The highest BCUT2D eigenvalue weighted by atomic mass is 35.5. The van der Waals surface area contributed by atoms with Gasteiger partial charge in [-0.05, 0) is 30.5 Å². The first-order valence-corrected chi connectivity index (χ1v) is 6.75. The maximum atomic E-state index is 12.3. The van der Waals surface area contributed by atoms with Gasteiger partial charge in [0.25, 0.3) is 11.8 Å². The number of rotatable bonds is 3. The molecule has 2 fully saturated rings. The van der Waals surface area contributed by atoms with Gasteiger partial charge in [-0.15, -0.1) is 5.06 Å². The van der Waals surface area contributed by atoms with E-state index in [-0.39, 0.29) is 12.8 Å². The Bertz CT molecular complexity index is 593. The molecular formula is C14H12ClNO4. The Morgan fingerprint density at radius 1 is 1.20 bits per heavy atom. The van der Waals surface area contributed by atoms with E-state index in [0.717, 1.165) is 5.56 Å². The molecule has 2 aliphatic rings. The quantitative estimate of drug-likeness (QED) is 0.799. The normalized spacial score (nSPS) is 20.1. The molecule has 0 spiro atoms. The Labute approximate surface area is 120 Å². The van der Waals surface area contributed by atoms with Gasteiger partial charge in [-0.25, -0.2) is 4.79 Å². The van der Waals surface area contributed by atoms with Crippen LogP contribution in [0.5, 0.6) is 0 Å². The highest BCUT2D eigenvalue weighted by Gasteiger charge is 2.54. The van der Waals surface area contributed by atoms with Crippen LogP contribution in [0.3, 0.4) is 0 Å². The van der Waals surface area contributed by atoms with Crippen molar-refractivity contribution < 1.29 is 19.2 Å². The molecule has 104 valence electrons. The molecule has 2 amide bonds. The van der Waals surface area contributed by atoms with E-state index < -0.39 is 23.2 Å². The minimum absolute atomic E-state index is 0.0935. The van der Waals surface area contributed by atoms with Crippen LogP contribution in [0.1, 0.15) is 31.2 Å². The van der Waals surface area contributed by atoms with Gasteiger partial charge >= 0.3 is 5.97 Å². The Hall–Kier alpha value is -1.88. The number of nitrogens with zero attached hydrogens (tertiary/aromatic N) is 1. The van der Waals surface area contributed by atoms with Crippen molar-refractivity contribution in [3.8, 4) is 0 Å². The summed E-state index contributed by atoms with van der Waals surface area (Å²) in [6.45, 7) is 0. The van der Waals surface area contributed by atoms with E-state index in [1.165, 1.54) is 0 Å². The van der Waals surface area contributed by atoms with Crippen molar-refractivity contribution >= 4 is 29.4 Å². The number of hydrogen-bond donors (Lipinski definition) is 0. The zero-order valence-electron chi connectivity index (χ0n) is 10.6. The summed E-state index contributed by atoms with van der Waals surface area (Å²) >= 11 is 5.93. The standard InChI is InChI=1S/C14H12ClNO4/c15-10-3-1-2-9(8-10)14(6-7-14)13(19)20-16-11(17)4-5-12(16)18/h1-3,8H,4-7H2. The lowest BCUT2D eigenvalue weighted by Gasteiger charge is -2.18. The molecule has 1 heterocycles. The molecule has 0 bridgehead atoms. The van der Waals surface area contributed by atoms with E-state index in [9.17, 15) is 14.4 Å². The summed E-state index contributed by atoms with van der Waals surface area (Å²) in [5, 5.41) is 1.13. The Morgan fingerprint density at radius 3 is 2.40 bits per heavy atom. The van der Waals surface area contributed by atoms with Gasteiger partial charge in [0.2, 0.25) is 0 Å². The molecule has 1 saturated carbocycles. The van der Waals surface area contributed by atoms with Crippen molar-refractivity contribution in [3.63, 3.8) is 0 Å². The van der Waals surface area contributed by atoms with Crippen LogP contribution in [0.15, 0.2) is 24.3 Å². The first-order chi connectivity index (χ1) is 9.53. The average Bonchev–Trinajstić information content (AvgIpc) is 3.18. The topological polar surface area (TPSA) is 63.7 Å². The number of hydrogen-bond acceptors (Lipinski definition) is 4. The number of carbonyl (C=O) groups excluding carboxylic acids is 3. The second-order valence-electron chi connectivity index (χ2n) is 5.05. The molecule has 1 saturated heterocycles. The molecule has 20 heavy (non-hydrogen) atoms. The molecule has 0 atom stereocenters. The largest absolute Gasteiger partial charge is 0.343 e. The molecule has 1 aliphatic carbocycles. The van der Waals surface area contributed by atoms with Crippen LogP contribution in [-0.4, -0.2) is 22.8 Å². The van der Waals surface area contributed by atoms with Crippen LogP contribution in [0.25, 0.3) is 0 Å². The van der Waals surface area contributed by atoms with Crippen LogP contribution in [0.2, 0.25) is 5.02 Å². The van der Waals surface area contributed by atoms with E-state index in [1.54, 1.807) is 24.3 Å². The van der Waals surface area contributed by atoms with Crippen LogP contribution in [0, 0.1) is 0 Å². The number of halogens is 1. The number of benzene rings is 1. The molecule has 0 N–H and O–H groups in total. The molecule has 1 aromatic rings. The summed E-state index contributed by atoms with van der Waals surface area (Å²) in [5.74, 6) is -1.50. The first kappa shape index (κ1) is 13.1. The van der Waals surface area contributed by atoms with E-state index in [1.807, 2.05) is 0 Å².